The maximum atomic E-state index is 7.10. The van der Waals surface area contributed by atoms with Crippen LogP contribution in [-0.4, -0.2) is 0 Å². The molecular weight excluding hydrogens is 731 g/mol. The van der Waals surface area contributed by atoms with Gasteiger partial charge in [-0.25, -0.2) is 0 Å². The van der Waals surface area contributed by atoms with Crippen LogP contribution in [0.4, 0.5) is 17.1 Å². The van der Waals surface area contributed by atoms with Gasteiger partial charge < -0.3 is 13.7 Å². The Labute approximate surface area is 348 Å². The maximum absolute atomic E-state index is 7.10. The lowest BCUT2D eigenvalue weighted by molar-refractivity contribution is 0.660. The van der Waals surface area contributed by atoms with Crippen LogP contribution >= 0.6 is 0 Å². The highest BCUT2D eigenvalue weighted by Crippen LogP contribution is 2.53. The van der Waals surface area contributed by atoms with Gasteiger partial charge >= 0.3 is 0 Å². The first-order valence-corrected chi connectivity index (χ1v) is 20.7. The predicted molar refractivity (Wildman–Crippen MR) is 250 cm³/mol. The molecule has 0 aliphatic heterocycles. The van der Waals surface area contributed by atoms with E-state index in [-0.39, 0.29) is 5.41 Å². The van der Waals surface area contributed by atoms with Gasteiger partial charge in [-0.05, 0) is 98.6 Å². The number of fused-ring (bicyclic) bond motifs is 9. The molecule has 3 heteroatoms. The summed E-state index contributed by atoms with van der Waals surface area (Å²) in [6.45, 7) is 4.69. The molecule has 2 aromatic heterocycles. The quantitative estimate of drug-likeness (QED) is 0.169. The second kappa shape index (κ2) is 13.2. The molecule has 1 aliphatic rings. The summed E-state index contributed by atoms with van der Waals surface area (Å²) in [6.07, 6.45) is 0. The van der Waals surface area contributed by atoms with Gasteiger partial charge in [-0.2, -0.15) is 0 Å². The molecule has 0 saturated heterocycles. The zero-order chi connectivity index (χ0) is 40.0. The average molecular weight is 770 g/mol. The summed E-state index contributed by atoms with van der Waals surface area (Å²) < 4.78 is 13.8. The van der Waals surface area contributed by atoms with E-state index >= 15 is 0 Å². The Balaban J connectivity index is 1.11. The van der Waals surface area contributed by atoms with Crippen LogP contribution in [0.25, 0.3) is 88.4 Å². The highest BCUT2D eigenvalue weighted by atomic mass is 16.3. The smallest absolute Gasteiger partial charge is 0.144 e. The average Bonchev–Trinajstić information content (AvgIpc) is 3.94. The van der Waals surface area contributed by atoms with Crippen molar-refractivity contribution in [3.05, 3.63) is 211 Å². The molecule has 0 N–H and O–H groups in total. The molecule has 11 aromatic rings. The van der Waals surface area contributed by atoms with E-state index in [9.17, 15) is 0 Å². The molecule has 12 rings (SSSR count). The van der Waals surface area contributed by atoms with Crippen LogP contribution in [0.3, 0.4) is 0 Å². The number of para-hydroxylation sites is 1. The fourth-order valence-corrected chi connectivity index (χ4v) is 9.76. The van der Waals surface area contributed by atoms with Gasteiger partial charge in [0.2, 0.25) is 0 Å². The summed E-state index contributed by atoms with van der Waals surface area (Å²) in [5.74, 6) is 0. The van der Waals surface area contributed by atoms with E-state index in [1.807, 2.05) is 6.07 Å². The topological polar surface area (TPSA) is 29.5 Å². The van der Waals surface area contributed by atoms with Gasteiger partial charge in [0, 0.05) is 38.5 Å². The van der Waals surface area contributed by atoms with Crippen molar-refractivity contribution in [1.82, 2.24) is 0 Å². The molecule has 9 aromatic carbocycles. The van der Waals surface area contributed by atoms with Crippen LogP contribution in [-0.2, 0) is 5.41 Å². The van der Waals surface area contributed by atoms with Crippen LogP contribution in [0.2, 0.25) is 0 Å². The summed E-state index contributed by atoms with van der Waals surface area (Å²) in [4.78, 5) is 2.41. The van der Waals surface area contributed by atoms with E-state index in [1.165, 1.54) is 44.5 Å². The molecular formula is C57H39NO2. The van der Waals surface area contributed by atoms with Crippen molar-refractivity contribution in [1.29, 1.82) is 0 Å². The largest absolute Gasteiger partial charge is 0.456 e. The SMILES string of the molecule is CC1(C)c2ccccc2-c2ccc(N(c3ccc(-c4ccccc4)cc3)c3cccc4oc5c(-c6ccc(-c7ccccc7)cc6)c6c(cc5c34)oc3ccccc36)cc21. The third kappa shape index (κ3) is 5.22. The first kappa shape index (κ1) is 34.4. The number of benzene rings is 9. The lowest BCUT2D eigenvalue weighted by Gasteiger charge is -2.28. The molecule has 0 fully saturated rings. The molecule has 3 nitrogen and oxygen atoms in total. The summed E-state index contributed by atoms with van der Waals surface area (Å²) in [5.41, 5.74) is 18.5. The Kier molecular flexibility index (Phi) is 7.58. The summed E-state index contributed by atoms with van der Waals surface area (Å²) in [7, 11) is 0. The number of nitrogens with zero attached hydrogens (tertiary/aromatic N) is 1. The van der Waals surface area contributed by atoms with Crippen LogP contribution in [0, 0.1) is 0 Å². The summed E-state index contributed by atoms with van der Waals surface area (Å²) >= 11 is 0. The molecule has 0 radical (unpaired) electrons. The normalized spacial score (nSPS) is 13.0. The second-order valence-corrected chi connectivity index (χ2v) is 16.4. The zero-order valence-electron chi connectivity index (χ0n) is 33.3. The van der Waals surface area contributed by atoms with Crippen molar-refractivity contribution < 1.29 is 8.83 Å². The van der Waals surface area contributed by atoms with Gasteiger partial charge in [-0.15, -0.1) is 0 Å². The van der Waals surface area contributed by atoms with E-state index in [2.05, 4.69) is 213 Å². The Bertz CT molecular complexity index is 3430. The lowest BCUT2D eigenvalue weighted by Crippen LogP contribution is -2.16. The highest BCUT2D eigenvalue weighted by molar-refractivity contribution is 6.25. The van der Waals surface area contributed by atoms with Crippen molar-refractivity contribution in [3.63, 3.8) is 0 Å². The van der Waals surface area contributed by atoms with Crippen LogP contribution in [0.15, 0.2) is 209 Å². The van der Waals surface area contributed by atoms with Gasteiger partial charge in [0.05, 0.1) is 11.1 Å². The number of furan rings is 2. The third-order valence-electron chi connectivity index (χ3n) is 12.7. The number of rotatable bonds is 6. The molecule has 0 unspecified atom stereocenters. The fraction of sp³-hybridized carbons (Fsp3) is 0.0526. The van der Waals surface area contributed by atoms with Gasteiger partial charge in [-0.1, -0.05) is 166 Å². The van der Waals surface area contributed by atoms with E-state index in [4.69, 9.17) is 8.83 Å². The number of anilines is 3. The van der Waals surface area contributed by atoms with Gasteiger partial charge in [0.15, 0.2) is 0 Å². The molecule has 0 atom stereocenters. The van der Waals surface area contributed by atoms with E-state index in [0.29, 0.717) is 0 Å². The molecule has 0 spiro atoms. The molecule has 0 bridgehead atoms. The van der Waals surface area contributed by atoms with Crippen molar-refractivity contribution in [3.8, 4) is 44.5 Å². The molecule has 60 heavy (non-hydrogen) atoms. The molecule has 284 valence electrons. The van der Waals surface area contributed by atoms with E-state index in [0.717, 1.165) is 72.1 Å². The second-order valence-electron chi connectivity index (χ2n) is 16.4. The minimum atomic E-state index is -0.156. The molecule has 0 saturated carbocycles. The van der Waals surface area contributed by atoms with Crippen LogP contribution < -0.4 is 4.90 Å². The van der Waals surface area contributed by atoms with Gasteiger partial charge in [0.25, 0.3) is 0 Å². The summed E-state index contributed by atoms with van der Waals surface area (Å²) in [5, 5.41) is 4.17. The Morgan fingerprint density at radius 3 is 1.72 bits per heavy atom. The number of hydrogen-bond donors (Lipinski definition) is 0. The standard InChI is InChI=1S/C57H39NO2/c1-57(2)47-20-11-9-18-43(47)44-33-32-42(34-48(44)57)58(41-30-28-39(29-31-41)37-16-7-4-8-17-37)49-21-13-23-51-54(49)46-35-52-55(45-19-10-12-22-50(45)59-52)53(56(46)60-51)40-26-24-38(25-27-40)36-14-5-3-6-15-36/h3-35H,1-2H3. The summed E-state index contributed by atoms with van der Waals surface area (Å²) in [6, 6.07) is 71.7. The van der Waals surface area contributed by atoms with Gasteiger partial charge in [0.1, 0.15) is 22.3 Å². The third-order valence-corrected chi connectivity index (χ3v) is 12.7. The first-order valence-electron chi connectivity index (χ1n) is 20.7. The molecule has 0 amide bonds. The lowest BCUT2D eigenvalue weighted by atomic mass is 9.82. The molecule has 1 aliphatic carbocycles. The van der Waals surface area contributed by atoms with E-state index < -0.39 is 0 Å². The van der Waals surface area contributed by atoms with Crippen LogP contribution in [0.5, 0.6) is 0 Å². The Morgan fingerprint density at radius 2 is 0.967 bits per heavy atom. The Hall–Kier alpha value is -7.62. The highest BCUT2D eigenvalue weighted by Gasteiger charge is 2.36. The first-order chi connectivity index (χ1) is 29.5. The zero-order valence-corrected chi connectivity index (χ0v) is 33.3. The fourth-order valence-electron chi connectivity index (χ4n) is 9.76. The van der Waals surface area contributed by atoms with E-state index in [1.54, 1.807) is 0 Å². The van der Waals surface area contributed by atoms with Crippen molar-refractivity contribution in [2.24, 2.45) is 0 Å². The molecule has 2 heterocycles. The maximum Gasteiger partial charge on any atom is 0.144 e. The van der Waals surface area contributed by atoms with Crippen molar-refractivity contribution in [2.45, 2.75) is 19.3 Å². The number of hydrogen-bond acceptors (Lipinski definition) is 3. The van der Waals surface area contributed by atoms with Gasteiger partial charge in [-0.3, -0.25) is 0 Å². The van der Waals surface area contributed by atoms with Crippen molar-refractivity contribution in [2.75, 3.05) is 4.90 Å². The minimum Gasteiger partial charge on any atom is -0.456 e. The van der Waals surface area contributed by atoms with Crippen molar-refractivity contribution >= 4 is 60.9 Å². The Morgan fingerprint density at radius 1 is 0.383 bits per heavy atom. The minimum absolute atomic E-state index is 0.156. The monoisotopic (exact) mass is 769 g/mol. The van der Waals surface area contributed by atoms with Crippen LogP contribution in [0.1, 0.15) is 25.0 Å². The predicted octanol–water partition coefficient (Wildman–Crippen LogP) is 16.3.